The Hall–Kier alpha value is -3.06. The van der Waals surface area contributed by atoms with E-state index in [0.29, 0.717) is 10.7 Å². The van der Waals surface area contributed by atoms with Gasteiger partial charge in [0, 0.05) is 44.8 Å². The second kappa shape index (κ2) is 9.61. The summed E-state index contributed by atoms with van der Waals surface area (Å²) in [7, 11) is 0. The summed E-state index contributed by atoms with van der Waals surface area (Å²) in [5, 5.41) is 3.56. The van der Waals surface area contributed by atoms with Gasteiger partial charge in [-0.1, -0.05) is 65.9 Å². The number of hydrogen-bond donors (Lipinski definition) is 1. The van der Waals surface area contributed by atoms with Crippen molar-refractivity contribution in [1.82, 2.24) is 14.8 Å². The number of amides is 1. The van der Waals surface area contributed by atoms with Gasteiger partial charge in [-0.05, 0) is 35.4 Å². The standard InChI is InChI=1S/C26H26N4OS/c31-25(28-26-27-23-8-4-5-9-24(23)32-26)22-12-10-21(11-13-22)19-30-16-14-29(15-17-30)18-20-6-2-1-3-7-20/h1-13H,14-19H2,(H,27,28,31). The van der Waals surface area contributed by atoms with Gasteiger partial charge in [0.05, 0.1) is 10.2 Å². The van der Waals surface area contributed by atoms with Crippen LogP contribution in [-0.2, 0) is 13.1 Å². The Kier molecular flexibility index (Phi) is 6.25. The summed E-state index contributed by atoms with van der Waals surface area (Å²) in [6.07, 6.45) is 0. The lowest BCUT2D eigenvalue weighted by Gasteiger charge is -2.34. The maximum absolute atomic E-state index is 12.6. The van der Waals surface area contributed by atoms with E-state index >= 15 is 0 Å². The van der Waals surface area contributed by atoms with Crippen LogP contribution in [0.15, 0.2) is 78.9 Å². The number of aromatic nitrogens is 1. The molecule has 1 aromatic heterocycles. The number of hydrogen-bond acceptors (Lipinski definition) is 5. The van der Waals surface area contributed by atoms with E-state index in [9.17, 15) is 4.79 Å². The smallest absolute Gasteiger partial charge is 0.257 e. The molecule has 3 aromatic carbocycles. The van der Waals surface area contributed by atoms with E-state index in [1.54, 1.807) is 0 Å². The molecule has 1 aliphatic heterocycles. The molecule has 1 N–H and O–H groups in total. The van der Waals surface area contributed by atoms with Crippen LogP contribution in [0.5, 0.6) is 0 Å². The van der Waals surface area contributed by atoms with Crippen LogP contribution in [0.3, 0.4) is 0 Å². The molecule has 1 aliphatic rings. The second-order valence-corrected chi connectivity index (χ2v) is 9.21. The first-order valence-corrected chi connectivity index (χ1v) is 11.8. The number of piperazine rings is 1. The summed E-state index contributed by atoms with van der Waals surface area (Å²) in [5.41, 5.74) is 4.17. The molecular formula is C26H26N4OS. The van der Waals surface area contributed by atoms with Crippen LogP contribution in [0.25, 0.3) is 10.2 Å². The number of rotatable bonds is 6. The van der Waals surface area contributed by atoms with Crippen molar-refractivity contribution in [3.05, 3.63) is 95.6 Å². The van der Waals surface area contributed by atoms with Gasteiger partial charge in [-0.25, -0.2) is 4.98 Å². The lowest BCUT2D eigenvalue weighted by Crippen LogP contribution is -2.45. The zero-order valence-corrected chi connectivity index (χ0v) is 18.7. The van der Waals surface area contributed by atoms with Gasteiger partial charge in [-0.15, -0.1) is 0 Å². The van der Waals surface area contributed by atoms with Crippen molar-refractivity contribution in [2.75, 3.05) is 31.5 Å². The van der Waals surface area contributed by atoms with Crippen LogP contribution in [0.2, 0.25) is 0 Å². The molecule has 32 heavy (non-hydrogen) atoms. The zero-order chi connectivity index (χ0) is 21.8. The van der Waals surface area contributed by atoms with E-state index in [0.717, 1.165) is 49.5 Å². The highest BCUT2D eigenvalue weighted by Crippen LogP contribution is 2.25. The number of fused-ring (bicyclic) bond motifs is 1. The van der Waals surface area contributed by atoms with Crippen molar-refractivity contribution >= 4 is 32.6 Å². The minimum absolute atomic E-state index is 0.120. The minimum atomic E-state index is -0.120. The van der Waals surface area contributed by atoms with Crippen molar-refractivity contribution in [1.29, 1.82) is 0 Å². The predicted octanol–water partition coefficient (Wildman–Crippen LogP) is 4.87. The van der Waals surface area contributed by atoms with Gasteiger partial charge in [0.15, 0.2) is 5.13 Å². The monoisotopic (exact) mass is 442 g/mol. The quantitative estimate of drug-likeness (QED) is 0.463. The molecule has 5 rings (SSSR count). The number of carbonyl (C=O) groups is 1. The molecule has 2 heterocycles. The summed E-state index contributed by atoms with van der Waals surface area (Å²) >= 11 is 1.49. The molecule has 0 radical (unpaired) electrons. The molecule has 162 valence electrons. The normalized spacial score (nSPS) is 15.1. The highest BCUT2D eigenvalue weighted by atomic mass is 32.1. The number of thiazole rings is 1. The van der Waals surface area contributed by atoms with Crippen molar-refractivity contribution in [2.24, 2.45) is 0 Å². The Bertz CT molecular complexity index is 1150. The fourth-order valence-electron chi connectivity index (χ4n) is 4.06. The summed E-state index contributed by atoms with van der Waals surface area (Å²) in [5.74, 6) is -0.120. The zero-order valence-electron chi connectivity index (χ0n) is 17.9. The van der Waals surface area contributed by atoms with Gasteiger partial charge >= 0.3 is 0 Å². The molecule has 4 aromatic rings. The van der Waals surface area contributed by atoms with E-state index in [-0.39, 0.29) is 5.91 Å². The molecule has 1 amide bonds. The lowest BCUT2D eigenvalue weighted by atomic mass is 10.1. The Balaban J connectivity index is 1.12. The molecule has 0 unspecified atom stereocenters. The molecule has 1 saturated heterocycles. The lowest BCUT2D eigenvalue weighted by molar-refractivity contribution is 0.102. The molecule has 0 saturated carbocycles. The fraction of sp³-hybridized carbons (Fsp3) is 0.231. The number of benzene rings is 3. The summed E-state index contributed by atoms with van der Waals surface area (Å²) in [6, 6.07) is 26.5. The van der Waals surface area contributed by atoms with Gasteiger partial charge in [0.2, 0.25) is 0 Å². The number of nitrogens with one attached hydrogen (secondary N) is 1. The van der Waals surface area contributed by atoms with E-state index in [1.165, 1.54) is 22.5 Å². The third kappa shape index (κ3) is 5.05. The molecule has 6 heteroatoms. The molecule has 0 spiro atoms. The minimum Gasteiger partial charge on any atom is -0.298 e. The van der Waals surface area contributed by atoms with Gasteiger partial charge in [-0.3, -0.25) is 19.9 Å². The van der Waals surface area contributed by atoms with Crippen molar-refractivity contribution in [3.8, 4) is 0 Å². The van der Waals surface area contributed by atoms with Crippen LogP contribution < -0.4 is 5.32 Å². The SMILES string of the molecule is O=C(Nc1nc2ccccc2s1)c1ccc(CN2CCN(Cc3ccccc3)CC2)cc1. The fourth-order valence-corrected chi connectivity index (χ4v) is 4.92. The Morgan fingerprint density at radius 3 is 2.03 bits per heavy atom. The average molecular weight is 443 g/mol. The highest BCUT2D eigenvalue weighted by Gasteiger charge is 2.17. The molecular weight excluding hydrogens is 416 g/mol. The molecule has 0 aliphatic carbocycles. The van der Waals surface area contributed by atoms with E-state index in [1.807, 2.05) is 36.4 Å². The Morgan fingerprint density at radius 1 is 0.781 bits per heavy atom. The third-order valence-corrected chi connectivity index (χ3v) is 6.80. The van der Waals surface area contributed by atoms with E-state index in [2.05, 4.69) is 62.6 Å². The van der Waals surface area contributed by atoms with Crippen molar-refractivity contribution in [3.63, 3.8) is 0 Å². The van der Waals surface area contributed by atoms with E-state index < -0.39 is 0 Å². The van der Waals surface area contributed by atoms with Crippen LogP contribution in [0.4, 0.5) is 5.13 Å². The molecule has 0 bridgehead atoms. The summed E-state index contributed by atoms with van der Waals surface area (Å²) in [6.45, 7) is 6.22. The predicted molar refractivity (Wildman–Crippen MR) is 131 cm³/mol. The largest absolute Gasteiger partial charge is 0.298 e. The van der Waals surface area contributed by atoms with Crippen LogP contribution >= 0.6 is 11.3 Å². The topological polar surface area (TPSA) is 48.5 Å². The first-order valence-electron chi connectivity index (χ1n) is 11.0. The molecule has 1 fully saturated rings. The summed E-state index contributed by atoms with van der Waals surface area (Å²) in [4.78, 5) is 22.1. The third-order valence-electron chi connectivity index (χ3n) is 5.85. The van der Waals surface area contributed by atoms with Crippen LogP contribution in [0.1, 0.15) is 21.5 Å². The Morgan fingerprint density at radius 2 is 1.38 bits per heavy atom. The highest BCUT2D eigenvalue weighted by molar-refractivity contribution is 7.22. The average Bonchev–Trinajstić information content (AvgIpc) is 3.24. The van der Waals surface area contributed by atoms with Crippen LogP contribution in [-0.4, -0.2) is 46.9 Å². The van der Waals surface area contributed by atoms with Crippen molar-refractivity contribution < 1.29 is 4.79 Å². The first-order chi connectivity index (χ1) is 15.7. The van der Waals surface area contributed by atoms with Gasteiger partial charge in [0.25, 0.3) is 5.91 Å². The van der Waals surface area contributed by atoms with E-state index in [4.69, 9.17) is 0 Å². The van der Waals surface area contributed by atoms with Gasteiger partial charge in [-0.2, -0.15) is 0 Å². The molecule has 5 nitrogen and oxygen atoms in total. The first kappa shape index (κ1) is 20.8. The Labute approximate surface area is 192 Å². The van der Waals surface area contributed by atoms with Gasteiger partial charge < -0.3 is 0 Å². The number of carbonyl (C=O) groups excluding carboxylic acids is 1. The number of anilines is 1. The number of para-hydroxylation sites is 1. The summed E-state index contributed by atoms with van der Waals surface area (Å²) < 4.78 is 1.07. The number of nitrogens with zero attached hydrogens (tertiary/aromatic N) is 3. The maximum atomic E-state index is 12.6. The van der Waals surface area contributed by atoms with Crippen molar-refractivity contribution in [2.45, 2.75) is 13.1 Å². The van der Waals surface area contributed by atoms with Crippen LogP contribution in [0, 0.1) is 0 Å². The maximum Gasteiger partial charge on any atom is 0.257 e. The van der Waals surface area contributed by atoms with Gasteiger partial charge in [0.1, 0.15) is 0 Å². The second-order valence-electron chi connectivity index (χ2n) is 8.18. The molecule has 0 atom stereocenters.